The average Bonchev–Trinajstić information content (AvgIpc) is 3.36. The van der Waals surface area contributed by atoms with Crippen molar-refractivity contribution in [2.24, 2.45) is 0 Å². The molecule has 4 heterocycles. The standard InChI is InChI=1S/C21H24ClN5O2S/c1-12-6-20(30-26-12)25-21-23-9-14-7-16(22)15(8-17(14)24-21)13-2-4-27(5-3-13)18-10-29-11-19(18)28/h6-9,13,18-19,28H,2-5,10-11H2,1H3,(H,23,24,25)/t18-,19+/m0/s1. The molecule has 9 heteroatoms. The van der Waals surface area contributed by atoms with Gasteiger partial charge in [-0.2, -0.15) is 4.37 Å². The van der Waals surface area contributed by atoms with Gasteiger partial charge in [-0.1, -0.05) is 11.6 Å². The number of fused-ring (bicyclic) bond motifs is 1. The maximum atomic E-state index is 10.1. The Bertz CT molecular complexity index is 1050. The molecule has 2 N–H and O–H groups in total. The second-order valence-electron chi connectivity index (χ2n) is 8.07. The Morgan fingerprint density at radius 3 is 2.77 bits per heavy atom. The first-order valence-corrected chi connectivity index (χ1v) is 11.4. The minimum absolute atomic E-state index is 0.120. The Kier molecular flexibility index (Phi) is 5.59. The molecule has 0 aliphatic carbocycles. The quantitative estimate of drug-likeness (QED) is 0.633. The van der Waals surface area contributed by atoms with E-state index in [0.717, 1.165) is 58.1 Å². The highest BCUT2D eigenvalue weighted by Gasteiger charge is 2.34. The van der Waals surface area contributed by atoms with Crippen molar-refractivity contribution in [1.82, 2.24) is 19.2 Å². The zero-order chi connectivity index (χ0) is 20.7. The second kappa shape index (κ2) is 8.36. The fourth-order valence-electron chi connectivity index (χ4n) is 4.40. The Labute approximate surface area is 184 Å². The number of hydrogen-bond donors (Lipinski definition) is 2. The summed E-state index contributed by atoms with van der Waals surface area (Å²) < 4.78 is 9.70. The van der Waals surface area contributed by atoms with Gasteiger partial charge in [0.15, 0.2) is 0 Å². The number of benzene rings is 1. The van der Waals surface area contributed by atoms with Gasteiger partial charge in [-0.05, 0) is 74.1 Å². The fourth-order valence-corrected chi connectivity index (χ4v) is 5.38. The van der Waals surface area contributed by atoms with E-state index >= 15 is 0 Å². The maximum Gasteiger partial charge on any atom is 0.228 e. The molecule has 0 bridgehead atoms. The summed E-state index contributed by atoms with van der Waals surface area (Å²) in [6.45, 7) is 4.90. The van der Waals surface area contributed by atoms with Crippen LogP contribution in [-0.2, 0) is 4.74 Å². The van der Waals surface area contributed by atoms with E-state index in [0.29, 0.717) is 25.1 Å². The summed E-state index contributed by atoms with van der Waals surface area (Å²) in [5.74, 6) is 0.942. The number of nitrogens with one attached hydrogen (secondary N) is 1. The topological polar surface area (TPSA) is 83.4 Å². The lowest BCUT2D eigenvalue weighted by atomic mass is 9.88. The van der Waals surface area contributed by atoms with Crippen LogP contribution in [0.1, 0.15) is 30.0 Å². The minimum atomic E-state index is -0.379. The molecular weight excluding hydrogens is 422 g/mol. The van der Waals surface area contributed by atoms with Gasteiger partial charge in [0, 0.05) is 16.6 Å². The van der Waals surface area contributed by atoms with Gasteiger partial charge >= 0.3 is 0 Å². The number of anilines is 2. The van der Waals surface area contributed by atoms with Crippen molar-refractivity contribution in [2.75, 3.05) is 31.6 Å². The molecule has 30 heavy (non-hydrogen) atoms. The molecule has 1 aromatic carbocycles. The zero-order valence-corrected chi connectivity index (χ0v) is 18.3. The van der Waals surface area contributed by atoms with E-state index in [1.54, 1.807) is 6.20 Å². The molecule has 2 aliphatic rings. The van der Waals surface area contributed by atoms with E-state index in [1.165, 1.54) is 11.5 Å². The first-order valence-electron chi connectivity index (χ1n) is 10.2. The SMILES string of the molecule is Cc1cc(Nc2ncc3cc(Cl)c(C4CCN([C@H]5COC[C@H]5O)CC4)cc3n2)sn1. The highest BCUT2D eigenvalue weighted by molar-refractivity contribution is 7.10. The number of hydrogen-bond acceptors (Lipinski definition) is 8. The van der Waals surface area contributed by atoms with Crippen LogP contribution in [-0.4, -0.2) is 62.8 Å². The first-order chi connectivity index (χ1) is 14.6. The molecule has 2 aromatic heterocycles. The van der Waals surface area contributed by atoms with E-state index in [-0.39, 0.29) is 12.1 Å². The number of aliphatic hydroxyl groups excluding tert-OH is 1. The zero-order valence-electron chi connectivity index (χ0n) is 16.7. The number of likely N-dealkylation sites (tertiary alicyclic amines) is 1. The third-order valence-corrected chi connectivity index (χ3v) is 7.14. The molecule has 3 aromatic rings. The number of aryl methyl sites for hydroxylation is 1. The van der Waals surface area contributed by atoms with E-state index < -0.39 is 0 Å². The van der Waals surface area contributed by atoms with Gasteiger partial charge < -0.3 is 15.2 Å². The van der Waals surface area contributed by atoms with Gasteiger partial charge in [0.25, 0.3) is 0 Å². The molecule has 0 saturated carbocycles. The average molecular weight is 446 g/mol. The van der Waals surface area contributed by atoms with Crippen LogP contribution in [0.2, 0.25) is 5.02 Å². The van der Waals surface area contributed by atoms with E-state index in [2.05, 4.69) is 25.6 Å². The Morgan fingerprint density at radius 2 is 2.07 bits per heavy atom. The number of nitrogens with zero attached hydrogens (tertiary/aromatic N) is 4. The van der Waals surface area contributed by atoms with Gasteiger partial charge in [-0.3, -0.25) is 4.90 Å². The highest BCUT2D eigenvalue weighted by Crippen LogP contribution is 2.36. The monoisotopic (exact) mass is 445 g/mol. The van der Waals surface area contributed by atoms with Gasteiger partial charge in [0.05, 0.1) is 36.6 Å². The van der Waals surface area contributed by atoms with Crippen molar-refractivity contribution in [2.45, 2.75) is 37.8 Å². The molecule has 2 aliphatic heterocycles. The Morgan fingerprint density at radius 1 is 1.23 bits per heavy atom. The number of aromatic nitrogens is 3. The van der Waals surface area contributed by atoms with Gasteiger partial charge in [-0.15, -0.1) is 0 Å². The molecule has 0 amide bonds. The lowest BCUT2D eigenvalue weighted by molar-refractivity contribution is 0.0663. The molecule has 2 saturated heterocycles. The molecule has 0 spiro atoms. The summed E-state index contributed by atoms with van der Waals surface area (Å²) >= 11 is 8.04. The van der Waals surface area contributed by atoms with Crippen molar-refractivity contribution >= 4 is 45.0 Å². The summed E-state index contributed by atoms with van der Waals surface area (Å²) in [5, 5.41) is 16.0. The number of rotatable bonds is 4. The van der Waals surface area contributed by atoms with Crippen LogP contribution in [0.15, 0.2) is 24.4 Å². The molecule has 2 atom stereocenters. The molecule has 0 unspecified atom stereocenters. The van der Waals surface area contributed by atoms with Crippen molar-refractivity contribution in [3.63, 3.8) is 0 Å². The first kappa shape index (κ1) is 20.1. The lowest BCUT2D eigenvalue weighted by Crippen LogP contribution is -2.46. The van der Waals surface area contributed by atoms with Gasteiger partial charge in [-0.25, -0.2) is 9.97 Å². The summed E-state index contributed by atoms with van der Waals surface area (Å²) in [4.78, 5) is 11.5. The summed E-state index contributed by atoms with van der Waals surface area (Å²) in [6, 6.07) is 6.17. The van der Waals surface area contributed by atoms with Crippen LogP contribution in [0.5, 0.6) is 0 Å². The number of ether oxygens (including phenoxy) is 1. The number of aliphatic hydroxyl groups is 1. The van der Waals surface area contributed by atoms with Crippen molar-refractivity contribution < 1.29 is 9.84 Å². The van der Waals surface area contributed by atoms with Crippen molar-refractivity contribution in [1.29, 1.82) is 0 Å². The molecule has 7 nitrogen and oxygen atoms in total. The Balaban J connectivity index is 1.34. The minimum Gasteiger partial charge on any atom is -0.389 e. The molecular formula is C21H24ClN5O2S. The molecule has 5 rings (SSSR count). The van der Waals surface area contributed by atoms with E-state index in [1.807, 2.05) is 19.1 Å². The smallest absolute Gasteiger partial charge is 0.228 e. The second-order valence-corrected chi connectivity index (χ2v) is 9.28. The highest BCUT2D eigenvalue weighted by atomic mass is 35.5. The van der Waals surface area contributed by atoms with Gasteiger partial charge in [0.2, 0.25) is 5.95 Å². The number of piperidine rings is 1. The van der Waals surface area contributed by atoms with Crippen LogP contribution < -0.4 is 5.32 Å². The van der Waals surface area contributed by atoms with E-state index in [9.17, 15) is 5.11 Å². The van der Waals surface area contributed by atoms with Crippen molar-refractivity contribution in [3.05, 3.63) is 40.7 Å². The summed E-state index contributed by atoms with van der Waals surface area (Å²) in [7, 11) is 0. The largest absolute Gasteiger partial charge is 0.389 e. The van der Waals surface area contributed by atoms with Crippen LogP contribution in [0.3, 0.4) is 0 Å². The normalized spacial score (nSPS) is 23.3. The Hall–Kier alpha value is -1.84. The van der Waals surface area contributed by atoms with Crippen LogP contribution in [0, 0.1) is 6.92 Å². The predicted octanol–water partition coefficient (Wildman–Crippen LogP) is 3.73. The summed E-state index contributed by atoms with van der Waals surface area (Å²) in [6.07, 6.45) is 3.43. The van der Waals surface area contributed by atoms with Crippen LogP contribution in [0.25, 0.3) is 10.9 Å². The fraction of sp³-hybridized carbons (Fsp3) is 0.476. The van der Waals surface area contributed by atoms with Crippen LogP contribution in [0.4, 0.5) is 10.9 Å². The van der Waals surface area contributed by atoms with E-state index in [4.69, 9.17) is 21.3 Å². The number of halogens is 1. The van der Waals surface area contributed by atoms with Crippen molar-refractivity contribution in [3.8, 4) is 0 Å². The molecule has 0 radical (unpaired) electrons. The molecule has 2 fully saturated rings. The summed E-state index contributed by atoms with van der Waals surface area (Å²) in [5.41, 5.74) is 3.00. The third-order valence-electron chi connectivity index (χ3n) is 6.02. The maximum absolute atomic E-state index is 10.1. The van der Waals surface area contributed by atoms with Crippen LogP contribution >= 0.6 is 23.1 Å². The molecule has 158 valence electrons. The third kappa shape index (κ3) is 4.02. The van der Waals surface area contributed by atoms with Gasteiger partial charge in [0.1, 0.15) is 5.00 Å². The lowest BCUT2D eigenvalue weighted by Gasteiger charge is -2.36. The predicted molar refractivity (Wildman–Crippen MR) is 119 cm³/mol.